The summed E-state index contributed by atoms with van der Waals surface area (Å²) in [6.45, 7) is 1.99. The Hall–Kier alpha value is -1.75. The number of aryl methyl sites for hydroxylation is 1. The molecule has 0 atom stereocenters. The topological polar surface area (TPSA) is 54.9 Å². The molecule has 0 radical (unpaired) electrons. The zero-order valence-corrected chi connectivity index (χ0v) is 10.7. The second-order valence-electron chi connectivity index (χ2n) is 3.54. The highest BCUT2D eigenvalue weighted by Crippen LogP contribution is 2.10. The fraction of sp³-hybridized carbons (Fsp3) is 0.0833. The van der Waals surface area contributed by atoms with Gasteiger partial charge in [-0.1, -0.05) is 17.7 Å². The average Bonchev–Trinajstić information content (AvgIpc) is 2.33. The lowest BCUT2D eigenvalue weighted by Crippen LogP contribution is -2.13. The van der Waals surface area contributed by atoms with Gasteiger partial charge in [0.05, 0.1) is 12.4 Å². The van der Waals surface area contributed by atoms with Crippen molar-refractivity contribution in [1.29, 1.82) is 0 Å². The summed E-state index contributed by atoms with van der Waals surface area (Å²) in [6.07, 6.45) is 2.91. The third kappa shape index (κ3) is 3.10. The van der Waals surface area contributed by atoms with E-state index < -0.39 is 0 Å². The first-order valence-corrected chi connectivity index (χ1v) is 5.80. The molecule has 0 fully saturated rings. The molecule has 0 saturated heterocycles. The quantitative estimate of drug-likeness (QED) is 0.926. The summed E-state index contributed by atoms with van der Waals surface area (Å²) in [4.78, 5) is 19.7. The monoisotopic (exact) mass is 291 g/mol. The highest BCUT2D eigenvalue weighted by Gasteiger charge is 2.07. The number of nitrogens with one attached hydrogen (secondary N) is 1. The van der Waals surface area contributed by atoms with Gasteiger partial charge in [0.1, 0.15) is 10.3 Å². The fourth-order valence-electron chi connectivity index (χ4n) is 1.26. The number of hydrogen-bond donors (Lipinski definition) is 1. The van der Waals surface area contributed by atoms with Gasteiger partial charge in [-0.3, -0.25) is 4.79 Å². The molecule has 0 unspecified atom stereocenters. The Morgan fingerprint density at radius 2 is 1.88 bits per heavy atom. The largest absolute Gasteiger partial charge is 0.321 e. The molecule has 2 aromatic rings. The van der Waals surface area contributed by atoms with Crippen LogP contribution in [-0.4, -0.2) is 15.9 Å². The van der Waals surface area contributed by atoms with Crippen molar-refractivity contribution in [3.8, 4) is 0 Å². The molecule has 4 nitrogen and oxygen atoms in total. The van der Waals surface area contributed by atoms with Gasteiger partial charge in [0.15, 0.2) is 0 Å². The zero-order chi connectivity index (χ0) is 12.3. The molecule has 1 amide bonds. The number of rotatable bonds is 2. The van der Waals surface area contributed by atoms with Crippen molar-refractivity contribution in [2.45, 2.75) is 6.92 Å². The van der Waals surface area contributed by atoms with Gasteiger partial charge in [-0.05, 0) is 35.0 Å². The van der Waals surface area contributed by atoms with E-state index in [0.717, 1.165) is 11.3 Å². The normalized spacial score (nSPS) is 10.0. The molecular weight excluding hydrogens is 282 g/mol. The standard InChI is InChI=1S/C12H10BrN3O/c1-8-2-4-9(5-3-8)16-12(17)10-6-15-11(13)7-14-10/h2-7H,1H3,(H,16,17). The van der Waals surface area contributed by atoms with Crippen LogP contribution in [0.15, 0.2) is 41.3 Å². The number of amides is 1. The molecule has 5 heteroatoms. The van der Waals surface area contributed by atoms with Crippen LogP contribution in [0.3, 0.4) is 0 Å². The van der Waals surface area contributed by atoms with Crippen molar-refractivity contribution in [2.75, 3.05) is 5.32 Å². The molecule has 0 aliphatic heterocycles. The highest BCUT2D eigenvalue weighted by atomic mass is 79.9. The number of anilines is 1. The molecule has 86 valence electrons. The lowest BCUT2D eigenvalue weighted by atomic mass is 10.2. The molecule has 0 aliphatic rings. The number of carbonyl (C=O) groups is 1. The SMILES string of the molecule is Cc1ccc(NC(=O)c2cnc(Br)cn2)cc1. The average molecular weight is 292 g/mol. The van der Waals surface area contributed by atoms with E-state index in [1.165, 1.54) is 12.4 Å². The molecule has 0 aliphatic carbocycles. The number of hydrogen-bond acceptors (Lipinski definition) is 3. The summed E-state index contributed by atoms with van der Waals surface area (Å²) in [6, 6.07) is 7.56. The minimum Gasteiger partial charge on any atom is -0.321 e. The molecule has 1 aromatic heterocycles. The Bertz CT molecular complexity index is 522. The van der Waals surface area contributed by atoms with Crippen molar-refractivity contribution in [3.05, 3.63) is 52.5 Å². The Kier molecular flexibility index (Phi) is 3.49. The number of carbonyl (C=O) groups excluding carboxylic acids is 1. The summed E-state index contributed by atoms with van der Waals surface area (Å²) in [5.41, 5.74) is 2.17. The van der Waals surface area contributed by atoms with Crippen molar-refractivity contribution in [3.63, 3.8) is 0 Å². The van der Waals surface area contributed by atoms with Gasteiger partial charge < -0.3 is 5.32 Å². The summed E-state index contributed by atoms with van der Waals surface area (Å²) in [5, 5.41) is 2.75. The van der Waals surface area contributed by atoms with Crippen LogP contribution in [0.1, 0.15) is 16.1 Å². The number of benzene rings is 1. The van der Waals surface area contributed by atoms with Crippen LogP contribution in [0.4, 0.5) is 5.69 Å². The summed E-state index contributed by atoms with van der Waals surface area (Å²) < 4.78 is 0.601. The predicted molar refractivity (Wildman–Crippen MR) is 68.9 cm³/mol. The Labute approximate surface area is 107 Å². The van der Waals surface area contributed by atoms with E-state index in [9.17, 15) is 4.79 Å². The maximum atomic E-state index is 11.8. The number of aromatic nitrogens is 2. The van der Waals surface area contributed by atoms with Crippen LogP contribution in [0.25, 0.3) is 0 Å². The fourth-order valence-corrected chi connectivity index (χ4v) is 1.47. The van der Waals surface area contributed by atoms with Gasteiger partial charge in [-0.25, -0.2) is 9.97 Å². The lowest BCUT2D eigenvalue weighted by molar-refractivity contribution is 0.102. The Morgan fingerprint density at radius 3 is 2.47 bits per heavy atom. The number of nitrogens with zero attached hydrogens (tertiary/aromatic N) is 2. The van der Waals surface area contributed by atoms with Crippen LogP contribution >= 0.6 is 15.9 Å². The van der Waals surface area contributed by atoms with E-state index in [-0.39, 0.29) is 11.6 Å². The molecule has 0 spiro atoms. The van der Waals surface area contributed by atoms with Gasteiger partial charge in [0.2, 0.25) is 0 Å². The van der Waals surface area contributed by atoms with Gasteiger partial charge in [0.25, 0.3) is 5.91 Å². The maximum Gasteiger partial charge on any atom is 0.275 e. The van der Waals surface area contributed by atoms with Gasteiger partial charge >= 0.3 is 0 Å². The minimum atomic E-state index is -0.270. The molecular formula is C12H10BrN3O. The zero-order valence-electron chi connectivity index (χ0n) is 9.14. The molecule has 0 bridgehead atoms. The van der Waals surface area contributed by atoms with E-state index >= 15 is 0 Å². The van der Waals surface area contributed by atoms with E-state index in [4.69, 9.17) is 0 Å². The second kappa shape index (κ2) is 5.05. The predicted octanol–water partition coefficient (Wildman–Crippen LogP) is 2.80. The maximum absolute atomic E-state index is 11.8. The first-order chi connectivity index (χ1) is 8.15. The number of halogens is 1. The van der Waals surface area contributed by atoms with Crippen LogP contribution in [-0.2, 0) is 0 Å². The Balaban J connectivity index is 2.11. The molecule has 1 heterocycles. The smallest absolute Gasteiger partial charge is 0.275 e. The summed E-state index contributed by atoms with van der Waals surface area (Å²) in [5.74, 6) is -0.270. The Morgan fingerprint density at radius 1 is 1.18 bits per heavy atom. The van der Waals surface area contributed by atoms with Crippen LogP contribution in [0.5, 0.6) is 0 Å². The summed E-state index contributed by atoms with van der Waals surface area (Å²) >= 11 is 3.16. The molecule has 1 aromatic carbocycles. The highest BCUT2D eigenvalue weighted by molar-refractivity contribution is 9.10. The first-order valence-electron chi connectivity index (χ1n) is 5.01. The first kappa shape index (κ1) is 11.7. The van der Waals surface area contributed by atoms with E-state index in [1.54, 1.807) is 0 Å². The lowest BCUT2D eigenvalue weighted by Gasteiger charge is -2.04. The van der Waals surface area contributed by atoms with E-state index in [0.29, 0.717) is 4.60 Å². The van der Waals surface area contributed by atoms with Crippen LogP contribution in [0, 0.1) is 6.92 Å². The van der Waals surface area contributed by atoms with Crippen LogP contribution < -0.4 is 5.32 Å². The van der Waals surface area contributed by atoms with E-state index in [1.807, 2.05) is 31.2 Å². The van der Waals surface area contributed by atoms with Crippen molar-refractivity contribution < 1.29 is 4.79 Å². The molecule has 2 rings (SSSR count). The summed E-state index contributed by atoms with van der Waals surface area (Å²) in [7, 11) is 0. The van der Waals surface area contributed by atoms with Gasteiger partial charge in [-0.2, -0.15) is 0 Å². The third-order valence-corrected chi connectivity index (χ3v) is 2.57. The van der Waals surface area contributed by atoms with Crippen molar-refractivity contribution in [1.82, 2.24) is 9.97 Å². The molecule has 17 heavy (non-hydrogen) atoms. The minimum absolute atomic E-state index is 0.270. The van der Waals surface area contributed by atoms with Gasteiger partial charge in [0, 0.05) is 5.69 Å². The van der Waals surface area contributed by atoms with Gasteiger partial charge in [-0.15, -0.1) is 0 Å². The molecule has 0 saturated carbocycles. The third-order valence-electron chi connectivity index (χ3n) is 2.16. The van der Waals surface area contributed by atoms with E-state index in [2.05, 4.69) is 31.2 Å². The van der Waals surface area contributed by atoms with Crippen molar-refractivity contribution in [2.24, 2.45) is 0 Å². The van der Waals surface area contributed by atoms with Crippen LogP contribution in [0.2, 0.25) is 0 Å². The second-order valence-corrected chi connectivity index (χ2v) is 4.36. The van der Waals surface area contributed by atoms with Crippen molar-refractivity contribution >= 4 is 27.5 Å². The molecule has 1 N–H and O–H groups in total.